The van der Waals surface area contributed by atoms with Crippen molar-refractivity contribution in [1.82, 2.24) is 19.1 Å². The number of ether oxygens (including phenoxy) is 1. The second kappa shape index (κ2) is 10.0. The van der Waals surface area contributed by atoms with Crippen molar-refractivity contribution in [3.05, 3.63) is 59.9 Å². The number of morpholine rings is 1. The number of anilines is 1. The molecule has 1 aliphatic rings. The van der Waals surface area contributed by atoms with Crippen LogP contribution in [0.15, 0.2) is 58.6 Å². The summed E-state index contributed by atoms with van der Waals surface area (Å²) < 4.78 is 34.0. The Bertz CT molecular complexity index is 1220. The molecule has 174 valence electrons. The van der Waals surface area contributed by atoms with E-state index in [1.165, 1.54) is 28.2 Å². The molecule has 1 N–H and O–H groups in total. The van der Waals surface area contributed by atoms with Crippen LogP contribution >= 0.6 is 11.8 Å². The van der Waals surface area contributed by atoms with Crippen LogP contribution in [0.3, 0.4) is 0 Å². The zero-order valence-electron chi connectivity index (χ0n) is 18.4. The van der Waals surface area contributed by atoms with Crippen LogP contribution in [0.5, 0.6) is 0 Å². The van der Waals surface area contributed by atoms with Gasteiger partial charge in [-0.15, -0.1) is 10.2 Å². The normalized spacial score (nSPS) is 14.8. The van der Waals surface area contributed by atoms with Gasteiger partial charge in [-0.1, -0.05) is 29.5 Å². The molecule has 33 heavy (non-hydrogen) atoms. The fourth-order valence-electron chi connectivity index (χ4n) is 3.40. The molecule has 0 radical (unpaired) electrons. The topological polar surface area (TPSA) is 106 Å². The van der Waals surface area contributed by atoms with Gasteiger partial charge >= 0.3 is 0 Å². The summed E-state index contributed by atoms with van der Waals surface area (Å²) in [4.78, 5) is 12.7. The van der Waals surface area contributed by atoms with Crippen molar-refractivity contribution in [3.63, 3.8) is 0 Å². The standard InChI is InChI=1S/C22H25N5O4S2/c1-16-3-7-19(8-4-16)27-17(2)24-25-22(27)32-15-21(28)23-18-5-9-20(10-6-18)33(29,30)26-11-13-31-14-12-26/h3-10H,11-15H2,1-2H3,(H,23,28). The van der Waals surface area contributed by atoms with Gasteiger partial charge in [0.05, 0.1) is 23.9 Å². The van der Waals surface area contributed by atoms with Crippen molar-refractivity contribution < 1.29 is 17.9 Å². The van der Waals surface area contributed by atoms with Crippen LogP contribution in [0.1, 0.15) is 11.4 Å². The second-order valence-electron chi connectivity index (χ2n) is 7.58. The van der Waals surface area contributed by atoms with E-state index in [-0.39, 0.29) is 16.6 Å². The van der Waals surface area contributed by atoms with Crippen LogP contribution in [0.2, 0.25) is 0 Å². The van der Waals surface area contributed by atoms with E-state index in [1.807, 2.05) is 42.7 Å². The highest BCUT2D eigenvalue weighted by Crippen LogP contribution is 2.23. The van der Waals surface area contributed by atoms with Crippen LogP contribution in [0.25, 0.3) is 5.69 Å². The minimum atomic E-state index is -3.57. The van der Waals surface area contributed by atoms with E-state index in [4.69, 9.17) is 4.74 Å². The van der Waals surface area contributed by atoms with Crippen molar-refractivity contribution in [1.29, 1.82) is 0 Å². The number of nitrogens with zero attached hydrogens (tertiary/aromatic N) is 4. The minimum absolute atomic E-state index is 0.137. The van der Waals surface area contributed by atoms with E-state index in [9.17, 15) is 13.2 Å². The molecule has 1 aliphatic heterocycles. The van der Waals surface area contributed by atoms with Crippen LogP contribution in [0, 0.1) is 13.8 Å². The summed E-state index contributed by atoms with van der Waals surface area (Å²) in [5.74, 6) is 0.649. The number of hydrogen-bond donors (Lipinski definition) is 1. The fourth-order valence-corrected chi connectivity index (χ4v) is 5.61. The van der Waals surface area contributed by atoms with Crippen molar-refractivity contribution in [2.45, 2.75) is 23.9 Å². The molecule has 0 bridgehead atoms. The van der Waals surface area contributed by atoms with Gasteiger partial charge in [-0.25, -0.2) is 8.42 Å². The first-order valence-electron chi connectivity index (χ1n) is 10.4. The lowest BCUT2D eigenvalue weighted by Gasteiger charge is -2.26. The Hall–Kier alpha value is -2.73. The smallest absolute Gasteiger partial charge is 0.243 e. The molecule has 0 saturated carbocycles. The number of thioether (sulfide) groups is 1. The Kier molecular flexibility index (Phi) is 7.13. The quantitative estimate of drug-likeness (QED) is 0.511. The maximum Gasteiger partial charge on any atom is 0.243 e. The number of benzene rings is 2. The van der Waals surface area contributed by atoms with Crippen molar-refractivity contribution >= 4 is 33.4 Å². The molecule has 0 atom stereocenters. The van der Waals surface area contributed by atoms with Gasteiger partial charge in [-0.3, -0.25) is 9.36 Å². The number of amides is 1. The molecular formula is C22H25N5O4S2. The summed E-state index contributed by atoms with van der Waals surface area (Å²) in [6.07, 6.45) is 0. The van der Waals surface area contributed by atoms with Gasteiger partial charge in [0.25, 0.3) is 0 Å². The first-order chi connectivity index (χ1) is 15.8. The predicted octanol–water partition coefficient (Wildman–Crippen LogP) is 2.64. The summed E-state index contributed by atoms with van der Waals surface area (Å²) in [6.45, 7) is 5.34. The highest BCUT2D eigenvalue weighted by molar-refractivity contribution is 7.99. The molecule has 9 nitrogen and oxygen atoms in total. The predicted molar refractivity (Wildman–Crippen MR) is 126 cm³/mol. The second-order valence-corrected chi connectivity index (χ2v) is 10.5. The molecule has 4 rings (SSSR count). The minimum Gasteiger partial charge on any atom is -0.379 e. The molecule has 1 fully saturated rings. The van der Waals surface area contributed by atoms with Gasteiger partial charge in [0.2, 0.25) is 15.9 Å². The number of rotatable bonds is 7. The van der Waals surface area contributed by atoms with Gasteiger partial charge in [0.15, 0.2) is 5.16 Å². The fraction of sp³-hybridized carbons (Fsp3) is 0.318. The molecule has 1 aromatic heterocycles. The lowest BCUT2D eigenvalue weighted by atomic mass is 10.2. The van der Waals surface area contributed by atoms with E-state index in [0.29, 0.717) is 37.1 Å². The average Bonchev–Trinajstić information content (AvgIpc) is 3.19. The van der Waals surface area contributed by atoms with Crippen LogP contribution in [0.4, 0.5) is 5.69 Å². The number of aromatic nitrogens is 3. The van der Waals surface area contributed by atoms with Gasteiger partial charge in [0.1, 0.15) is 5.82 Å². The van der Waals surface area contributed by atoms with E-state index in [1.54, 1.807) is 12.1 Å². The number of aryl methyl sites for hydroxylation is 2. The van der Waals surface area contributed by atoms with Crippen LogP contribution in [-0.2, 0) is 19.6 Å². The lowest BCUT2D eigenvalue weighted by Crippen LogP contribution is -2.40. The Morgan fingerprint density at radius 1 is 1.03 bits per heavy atom. The van der Waals surface area contributed by atoms with Crippen LogP contribution in [-0.4, -0.2) is 65.5 Å². The lowest BCUT2D eigenvalue weighted by molar-refractivity contribution is -0.113. The summed E-state index contributed by atoms with van der Waals surface area (Å²) in [5, 5.41) is 11.8. The number of nitrogens with one attached hydrogen (secondary N) is 1. The Morgan fingerprint density at radius 3 is 2.36 bits per heavy atom. The summed E-state index contributed by atoms with van der Waals surface area (Å²) >= 11 is 1.28. The molecule has 1 saturated heterocycles. The zero-order valence-corrected chi connectivity index (χ0v) is 20.0. The molecule has 0 spiro atoms. The van der Waals surface area contributed by atoms with Crippen molar-refractivity contribution in [2.75, 3.05) is 37.4 Å². The molecule has 0 unspecified atom stereocenters. The first kappa shape index (κ1) is 23.4. The van der Waals surface area contributed by atoms with Crippen molar-refractivity contribution in [2.24, 2.45) is 0 Å². The maximum absolute atomic E-state index is 12.7. The molecule has 2 aromatic carbocycles. The highest BCUT2D eigenvalue weighted by atomic mass is 32.2. The SMILES string of the molecule is Cc1ccc(-n2c(C)nnc2SCC(=O)Nc2ccc(S(=O)(=O)N3CCOCC3)cc2)cc1. The molecule has 2 heterocycles. The van der Waals surface area contributed by atoms with Crippen LogP contribution < -0.4 is 5.32 Å². The molecule has 0 aliphatic carbocycles. The molecule has 11 heteroatoms. The largest absolute Gasteiger partial charge is 0.379 e. The third-order valence-electron chi connectivity index (χ3n) is 5.17. The number of carbonyl (C=O) groups is 1. The summed E-state index contributed by atoms with van der Waals surface area (Å²) in [7, 11) is -3.57. The zero-order chi connectivity index (χ0) is 23.4. The average molecular weight is 488 g/mol. The van der Waals surface area contributed by atoms with E-state index >= 15 is 0 Å². The van der Waals surface area contributed by atoms with Gasteiger partial charge in [-0.2, -0.15) is 4.31 Å². The van der Waals surface area contributed by atoms with E-state index < -0.39 is 10.0 Å². The summed E-state index contributed by atoms with van der Waals surface area (Å²) in [5.41, 5.74) is 2.61. The van der Waals surface area contributed by atoms with E-state index in [0.717, 1.165) is 17.1 Å². The monoisotopic (exact) mass is 487 g/mol. The Balaban J connectivity index is 1.38. The summed E-state index contributed by atoms with van der Waals surface area (Å²) in [6, 6.07) is 14.2. The first-order valence-corrected chi connectivity index (χ1v) is 12.9. The van der Waals surface area contributed by atoms with E-state index in [2.05, 4.69) is 15.5 Å². The number of sulfonamides is 1. The van der Waals surface area contributed by atoms with Gasteiger partial charge in [-0.05, 0) is 50.2 Å². The van der Waals surface area contributed by atoms with Crippen molar-refractivity contribution in [3.8, 4) is 5.69 Å². The molecular weight excluding hydrogens is 462 g/mol. The van der Waals surface area contributed by atoms with Gasteiger partial charge < -0.3 is 10.1 Å². The number of hydrogen-bond acceptors (Lipinski definition) is 7. The number of carbonyl (C=O) groups excluding carboxylic acids is 1. The third kappa shape index (κ3) is 5.44. The Morgan fingerprint density at radius 2 is 1.70 bits per heavy atom. The highest BCUT2D eigenvalue weighted by Gasteiger charge is 2.26. The maximum atomic E-state index is 12.7. The van der Waals surface area contributed by atoms with Gasteiger partial charge in [0, 0.05) is 24.5 Å². The third-order valence-corrected chi connectivity index (χ3v) is 8.01. The molecule has 3 aromatic rings. The molecule has 1 amide bonds. The Labute approximate surface area is 197 Å².